The number of nitrogens with one attached hydrogen (secondary N) is 1. The Morgan fingerprint density at radius 2 is 1.95 bits per heavy atom. The first-order chi connectivity index (χ1) is 8.97. The Labute approximate surface area is 124 Å². The summed E-state index contributed by atoms with van der Waals surface area (Å²) in [7, 11) is 0. The first-order valence-electron chi connectivity index (χ1n) is 6.99. The van der Waals surface area contributed by atoms with Gasteiger partial charge in [0.2, 0.25) is 0 Å². The normalized spacial score (nSPS) is 11.9. The molecule has 0 radical (unpaired) electrons. The SMILES string of the molecule is C=CC(=C)OCCC.CC/C=C/[C@H](C)NSC(C)C. The molecule has 0 amide bonds. The van der Waals surface area contributed by atoms with Crippen LogP contribution < -0.4 is 4.72 Å². The summed E-state index contributed by atoms with van der Waals surface area (Å²) in [5, 5.41) is 0.660. The van der Waals surface area contributed by atoms with Crippen LogP contribution in [-0.2, 0) is 4.74 Å². The Balaban J connectivity index is 0. The highest BCUT2D eigenvalue weighted by molar-refractivity contribution is 7.98. The fourth-order valence-electron chi connectivity index (χ4n) is 0.915. The summed E-state index contributed by atoms with van der Waals surface area (Å²) >= 11 is 1.79. The molecule has 0 bridgehead atoms. The van der Waals surface area contributed by atoms with Crippen LogP contribution in [0.3, 0.4) is 0 Å². The van der Waals surface area contributed by atoms with Gasteiger partial charge in [-0.3, -0.25) is 4.72 Å². The predicted molar refractivity (Wildman–Crippen MR) is 90.3 cm³/mol. The van der Waals surface area contributed by atoms with E-state index in [-0.39, 0.29) is 0 Å². The average molecular weight is 285 g/mol. The van der Waals surface area contributed by atoms with Crippen molar-refractivity contribution in [1.82, 2.24) is 4.72 Å². The third-order valence-electron chi connectivity index (χ3n) is 1.87. The van der Waals surface area contributed by atoms with E-state index in [0.717, 1.165) is 19.4 Å². The maximum atomic E-state index is 5.03. The van der Waals surface area contributed by atoms with E-state index in [4.69, 9.17) is 4.74 Å². The zero-order valence-electron chi connectivity index (χ0n) is 13.2. The summed E-state index contributed by atoms with van der Waals surface area (Å²) in [6.07, 6.45) is 8.15. The summed E-state index contributed by atoms with van der Waals surface area (Å²) in [4.78, 5) is 0. The minimum atomic E-state index is 0.488. The quantitative estimate of drug-likeness (QED) is 0.276. The van der Waals surface area contributed by atoms with Gasteiger partial charge in [0, 0.05) is 11.3 Å². The highest BCUT2D eigenvalue weighted by atomic mass is 32.2. The molecule has 0 fully saturated rings. The van der Waals surface area contributed by atoms with Crippen molar-refractivity contribution < 1.29 is 4.74 Å². The van der Waals surface area contributed by atoms with Crippen LogP contribution in [0.15, 0.2) is 37.1 Å². The molecular weight excluding hydrogens is 254 g/mol. The van der Waals surface area contributed by atoms with Gasteiger partial charge in [-0.05, 0) is 25.8 Å². The predicted octanol–water partition coefficient (Wildman–Crippen LogP) is 5.10. The van der Waals surface area contributed by atoms with E-state index in [0.29, 0.717) is 17.1 Å². The fraction of sp³-hybridized carbons (Fsp3) is 0.625. The molecule has 112 valence electrons. The lowest BCUT2D eigenvalue weighted by Crippen LogP contribution is -2.18. The lowest BCUT2D eigenvalue weighted by molar-refractivity contribution is 0.226. The van der Waals surface area contributed by atoms with E-state index in [2.05, 4.69) is 64.7 Å². The van der Waals surface area contributed by atoms with E-state index < -0.39 is 0 Å². The maximum absolute atomic E-state index is 5.03. The number of rotatable bonds is 9. The summed E-state index contributed by atoms with van der Waals surface area (Å²) in [5.74, 6) is 0.659. The standard InChI is InChI=1S/C9H19NS.C7H12O/c1-5-6-7-9(4)10-11-8(2)3;1-4-6-8-7(3)5-2/h6-10H,5H2,1-4H3;5H,2-4,6H2,1H3/b7-6+;/t9-;/m0./s1. The monoisotopic (exact) mass is 285 g/mol. The first kappa shape index (κ1) is 20.6. The molecule has 0 aliphatic rings. The molecule has 0 aliphatic carbocycles. The molecule has 0 aromatic heterocycles. The Morgan fingerprint density at radius 3 is 2.37 bits per heavy atom. The molecule has 0 spiro atoms. The van der Waals surface area contributed by atoms with Crippen molar-refractivity contribution in [3.8, 4) is 0 Å². The summed E-state index contributed by atoms with van der Waals surface area (Å²) < 4.78 is 8.37. The summed E-state index contributed by atoms with van der Waals surface area (Å²) in [6, 6.07) is 0.488. The zero-order chi connectivity index (χ0) is 15.1. The lowest BCUT2D eigenvalue weighted by atomic mass is 10.3. The minimum Gasteiger partial charge on any atom is -0.494 e. The molecular formula is C16H31NOS. The van der Waals surface area contributed by atoms with Gasteiger partial charge < -0.3 is 4.74 Å². The molecule has 1 N–H and O–H groups in total. The molecule has 1 atom stereocenters. The van der Waals surface area contributed by atoms with Gasteiger partial charge in [0.25, 0.3) is 0 Å². The van der Waals surface area contributed by atoms with E-state index >= 15 is 0 Å². The molecule has 0 aromatic rings. The molecule has 2 nitrogen and oxygen atoms in total. The molecule has 0 heterocycles. The minimum absolute atomic E-state index is 0.488. The van der Waals surface area contributed by atoms with Crippen molar-refractivity contribution in [2.75, 3.05) is 6.61 Å². The van der Waals surface area contributed by atoms with Crippen LogP contribution in [0.4, 0.5) is 0 Å². The molecule has 0 aromatic carbocycles. The fourth-order valence-corrected chi connectivity index (χ4v) is 1.48. The Kier molecular flexibility index (Phi) is 16.7. The number of hydrogen-bond acceptors (Lipinski definition) is 3. The molecule has 19 heavy (non-hydrogen) atoms. The van der Waals surface area contributed by atoms with Gasteiger partial charge in [-0.1, -0.05) is 65.0 Å². The number of ether oxygens (including phenoxy) is 1. The van der Waals surface area contributed by atoms with E-state index in [9.17, 15) is 0 Å². The third-order valence-corrected chi connectivity index (χ3v) is 2.85. The van der Waals surface area contributed by atoms with Gasteiger partial charge in [-0.2, -0.15) is 0 Å². The topological polar surface area (TPSA) is 21.3 Å². The Morgan fingerprint density at radius 1 is 1.32 bits per heavy atom. The van der Waals surface area contributed by atoms with Gasteiger partial charge >= 0.3 is 0 Å². The van der Waals surface area contributed by atoms with Crippen LogP contribution in [0, 0.1) is 0 Å². The van der Waals surface area contributed by atoms with E-state index in [1.54, 1.807) is 18.0 Å². The highest BCUT2D eigenvalue weighted by Gasteiger charge is 1.97. The van der Waals surface area contributed by atoms with Crippen molar-refractivity contribution in [3.05, 3.63) is 37.1 Å². The van der Waals surface area contributed by atoms with Crippen molar-refractivity contribution in [3.63, 3.8) is 0 Å². The van der Waals surface area contributed by atoms with Crippen LogP contribution in [0.1, 0.15) is 47.5 Å². The molecule has 0 aliphatic heterocycles. The van der Waals surface area contributed by atoms with Gasteiger partial charge in [0.05, 0.1) is 6.61 Å². The van der Waals surface area contributed by atoms with Crippen molar-refractivity contribution in [2.24, 2.45) is 0 Å². The molecule has 0 unspecified atom stereocenters. The second-order valence-corrected chi connectivity index (χ2v) is 5.84. The summed E-state index contributed by atoms with van der Waals surface area (Å²) in [5.41, 5.74) is 0. The molecule has 0 rings (SSSR count). The van der Waals surface area contributed by atoms with Crippen LogP contribution in [0.2, 0.25) is 0 Å². The second-order valence-electron chi connectivity index (χ2n) is 4.43. The third kappa shape index (κ3) is 19.8. The first-order valence-corrected chi connectivity index (χ1v) is 7.87. The van der Waals surface area contributed by atoms with E-state index in [1.807, 2.05) is 0 Å². The highest BCUT2D eigenvalue weighted by Crippen LogP contribution is 2.05. The smallest absolute Gasteiger partial charge is 0.111 e. The van der Waals surface area contributed by atoms with Crippen molar-refractivity contribution in [2.45, 2.75) is 58.8 Å². The maximum Gasteiger partial charge on any atom is 0.111 e. The van der Waals surface area contributed by atoms with Crippen molar-refractivity contribution >= 4 is 11.9 Å². The largest absolute Gasteiger partial charge is 0.494 e. The Hall–Kier alpha value is -0.670. The number of allylic oxidation sites excluding steroid dienone is 2. The van der Waals surface area contributed by atoms with E-state index in [1.165, 1.54) is 0 Å². The van der Waals surface area contributed by atoms with Gasteiger partial charge in [0.15, 0.2) is 0 Å². The van der Waals surface area contributed by atoms with Gasteiger partial charge in [-0.25, -0.2) is 0 Å². The Bertz CT molecular complexity index is 249. The zero-order valence-corrected chi connectivity index (χ0v) is 14.1. The number of hydrogen-bond donors (Lipinski definition) is 1. The lowest BCUT2D eigenvalue weighted by Gasteiger charge is -2.10. The van der Waals surface area contributed by atoms with Crippen LogP contribution >= 0.6 is 11.9 Å². The molecule has 0 saturated heterocycles. The second kappa shape index (κ2) is 15.4. The van der Waals surface area contributed by atoms with Gasteiger partial charge in [0.1, 0.15) is 5.76 Å². The van der Waals surface area contributed by atoms with Crippen molar-refractivity contribution in [1.29, 1.82) is 0 Å². The molecule has 0 saturated carbocycles. The van der Waals surface area contributed by atoms with Crippen LogP contribution in [0.25, 0.3) is 0 Å². The van der Waals surface area contributed by atoms with Crippen LogP contribution in [-0.4, -0.2) is 17.9 Å². The molecule has 3 heteroatoms. The van der Waals surface area contributed by atoms with Gasteiger partial charge in [-0.15, -0.1) is 0 Å². The summed E-state index contributed by atoms with van der Waals surface area (Å²) in [6.45, 7) is 18.5. The van der Waals surface area contributed by atoms with Crippen LogP contribution in [0.5, 0.6) is 0 Å². The average Bonchev–Trinajstić information content (AvgIpc) is 2.40.